The molecule has 1 aliphatic carbocycles. The second-order valence-electron chi connectivity index (χ2n) is 10.1. The van der Waals surface area contributed by atoms with Crippen LogP contribution in [0.4, 0.5) is 14.5 Å². The molecule has 2 aromatic carbocycles. The molecule has 208 valence electrons. The minimum atomic E-state index is -1.01. The highest BCUT2D eigenvalue weighted by molar-refractivity contribution is 5.96. The van der Waals surface area contributed by atoms with Gasteiger partial charge >= 0.3 is 0 Å². The van der Waals surface area contributed by atoms with Gasteiger partial charge in [-0.05, 0) is 49.6 Å². The Morgan fingerprint density at radius 3 is 2.67 bits per heavy atom. The number of fused-ring (bicyclic) bond motifs is 1. The van der Waals surface area contributed by atoms with E-state index in [1.165, 1.54) is 6.07 Å². The van der Waals surface area contributed by atoms with Gasteiger partial charge in [0.1, 0.15) is 5.75 Å². The SMILES string of the molecule is Cc1cc(-c2cnc3c(NCCN4CCOCC4)cc(Oc4ccc(F)c(F)c4)nn23)ccc1C(=O)NC1CC1. The minimum Gasteiger partial charge on any atom is -0.437 e. The summed E-state index contributed by atoms with van der Waals surface area (Å²) >= 11 is 0. The lowest BCUT2D eigenvalue weighted by Gasteiger charge is -2.26. The van der Waals surface area contributed by atoms with Gasteiger partial charge < -0.3 is 20.1 Å². The molecular formula is C29H30F2N6O3. The molecule has 0 bridgehead atoms. The van der Waals surface area contributed by atoms with Gasteiger partial charge in [0.05, 0.1) is 30.8 Å². The van der Waals surface area contributed by atoms with Gasteiger partial charge in [-0.15, -0.1) is 5.10 Å². The average Bonchev–Trinajstić information content (AvgIpc) is 3.66. The quantitative estimate of drug-likeness (QED) is 0.320. The Hall–Kier alpha value is -4.09. The molecule has 0 unspecified atom stereocenters. The summed E-state index contributed by atoms with van der Waals surface area (Å²) in [5, 5.41) is 11.1. The van der Waals surface area contributed by atoms with E-state index < -0.39 is 11.6 Å². The molecule has 11 heteroatoms. The summed E-state index contributed by atoms with van der Waals surface area (Å²) in [4.78, 5) is 19.6. The molecule has 4 aromatic rings. The van der Waals surface area contributed by atoms with E-state index in [4.69, 9.17) is 9.47 Å². The van der Waals surface area contributed by atoms with Crippen LogP contribution < -0.4 is 15.4 Å². The molecule has 6 rings (SSSR count). The Morgan fingerprint density at radius 2 is 1.93 bits per heavy atom. The van der Waals surface area contributed by atoms with Crippen molar-refractivity contribution in [1.29, 1.82) is 0 Å². The van der Waals surface area contributed by atoms with Crippen molar-refractivity contribution >= 4 is 17.2 Å². The Balaban J connectivity index is 1.32. The second-order valence-corrected chi connectivity index (χ2v) is 10.1. The molecule has 0 atom stereocenters. The molecule has 1 saturated heterocycles. The van der Waals surface area contributed by atoms with Gasteiger partial charge in [-0.1, -0.05) is 6.07 Å². The van der Waals surface area contributed by atoms with Crippen molar-refractivity contribution in [3.63, 3.8) is 0 Å². The monoisotopic (exact) mass is 548 g/mol. The Labute approximate surface area is 230 Å². The molecule has 2 aromatic heterocycles. The number of carbonyl (C=O) groups excluding carboxylic acids is 1. The highest BCUT2D eigenvalue weighted by atomic mass is 19.2. The Bertz CT molecular complexity index is 1550. The van der Waals surface area contributed by atoms with E-state index in [0.29, 0.717) is 29.1 Å². The number of nitrogens with one attached hydrogen (secondary N) is 2. The van der Waals surface area contributed by atoms with Gasteiger partial charge in [0, 0.05) is 55.5 Å². The molecule has 1 amide bonds. The van der Waals surface area contributed by atoms with Gasteiger partial charge in [-0.3, -0.25) is 9.69 Å². The van der Waals surface area contributed by atoms with E-state index in [0.717, 1.165) is 68.9 Å². The highest BCUT2D eigenvalue weighted by Crippen LogP contribution is 2.30. The lowest BCUT2D eigenvalue weighted by atomic mass is 10.0. The largest absolute Gasteiger partial charge is 0.437 e. The lowest BCUT2D eigenvalue weighted by Crippen LogP contribution is -2.39. The number of rotatable bonds is 9. The number of ether oxygens (including phenoxy) is 2. The van der Waals surface area contributed by atoms with Crippen LogP contribution in [0.5, 0.6) is 11.6 Å². The zero-order valence-electron chi connectivity index (χ0n) is 22.1. The van der Waals surface area contributed by atoms with E-state index in [-0.39, 0.29) is 23.6 Å². The van der Waals surface area contributed by atoms with Crippen LogP contribution in [0.1, 0.15) is 28.8 Å². The van der Waals surface area contributed by atoms with Gasteiger partial charge in [0.15, 0.2) is 17.3 Å². The first-order chi connectivity index (χ1) is 19.4. The third-order valence-corrected chi connectivity index (χ3v) is 7.09. The van der Waals surface area contributed by atoms with Crippen LogP contribution in [-0.4, -0.2) is 70.8 Å². The van der Waals surface area contributed by atoms with Gasteiger partial charge in [-0.25, -0.2) is 18.3 Å². The van der Waals surface area contributed by atoms with Crippen LogP contribution in [0, 0.1) is 18.6 Å². The third-order valence-electron chi connectivity index (χ3n) is 7.09. The number of nitrogens with zero attached hydrogens (tertiary/aromatic N) is 4. The van der Waals surface area contributed by atoms with E-state index in [2.05, 4.69) is 25.6 Å². The normalized spacial score (nSPS) is 15.8. The summed E-state index contributed by atoms with van der Waals surface area (Å²) in [7, 11) is 0. The van der Waals surface area contributed by atoms with E-state index in [1.54, 1.807) is 16.8 Å². The number of aromatic nitrogens is 3. The topological polar surface area (TPSA) is 93.0 Å². The lowest BCUT2D eigenvalue weighted by molar-refractivity contribution is 0.0398. The summed E-state index contributed by atoms with van der Waals surface area (Å²) < 4.78 is 40.3. The van der Waals surface area contributed by atoms with E-state index in [9.17, 15) is 13.6 Å². The molecule has 40 heavy (non-hydrogen) atoms. The van der Waals surface area contributed by atoms with Crippen molar-refractivity contribution < 1.29 is 23.0 Å². The van der Waals surface area contributed by atoms with Crippen LogP contribution in [0.3, 0.4) is 0 Å². The van der Waals surface area contributed by atoms with Crippen LogP contribution in [0.2, 0.25) is 0 Å². The summed E-state index contributed by atoms with van der Waals surface area (Å²) in [6.45, 7) is 6.55. The Kier molecular flexibility index (Phi) is 7.31. The van der Waals surface area contributed by atoms with Gasteiger partial charge in [0.2, 0.25) is 5.88 Å². The predicted molar refractivity (Wildman–Crippen MR) is 146 cm³/mol. The van der Waals surface area contributed by atoms with E-state index in [1.807, 2.05) is 25.1 Å². The van der Waals surface area contributed by atoms with Crippen LogP contribution in [0.25, 0.3) is 16.9 Å². The molecule has 3 heterocycles. The molecule has 2 N–H and O–H groups in total. The standard InChI is InChI=1S/C29H30F2N6O3/c1-18-14-19(2-6-22(18)29(38)34-20-3-4-20)26-17-33-28-25(32-8-9-36-10-12-39-13-11-36)16-27(35-37(26)28)40-21-5-7-23(30)24(31)15-21/h2,5-7,14-17,20,32H,3-4,8-13H2,1H3,(H,34,38). The fourth-order valence-electron chi connectivity index (χ4n) is 4.73. The Morgan fingerprint density at radius 1 is 1.10 bits per heavy atom. The first kappa shape index (κ1) is 26.1. The number of hydrogen-bond acceptors (Lipinski definition) is 7. The summed E-state index contributed by atoms with van der Waals surface area (Å²) in [6, 6.07) is 10.9. The maximum absolute atomic E-state index is 13.8. The van der Waals surface area contributed by atoms with Crippen molar-refractivity contribution in [3.05, 3.63) is 71.4 Å². The maximum atomic E-state index is 13.8. The second kappa shape index (κ2) is 11.2. The molecule has 0 radical (unpaired) electrons. The fourth-order valence-corrected chi connectivity index (χ4v) is 4.73. The van der Waals surface area contributed by atoms with Gasteiger partial charge in [-0.2, -0.15) is 0 Å². The van der Waals surface area contributed by atoms with Crippen LogP contribution in [-0.2, 0) is 4.74 Å². The molecule has 1 saturated carbocycles. The van der Waals surface area contributed by atoms with Crippen molar-refractivity contribution in [1.82, 2.24) is 24.8 Å². The van der Waals surface area contributed by atoms with Crippen LogP contribution in [0.15, 0.2) is 48.7 Å². The first-order valence-electron chi connectivity index (χ1n) is 13.4. The van der Waals surface area contributed by atoms with E-state index >= 15 is 0 Å². The molecule has 2 fully saturated rings. The van der Waals surface area contributed by atoms with Crippen molar-refractivity contribution in [3.8, 4) is 22.9 Å². The van der Waals surface area contributed by atoms with Crippen LogP contribution >= 0.6 is 0 Å². The number of morpholine rings is 1. The zero-order valence-corrected chi connectivity index (χ0v) is 22.1. The van der Waals surface area contributed by atoms with Crippen molar-refractivity contribution in [2.75, 3.05) is 44.7 Å². The fraction of sp³-hybridized carbons (Fsp3) is 0.345. The number of benzene rings is 2. The number of hydrogen-bond donors (Lipinski definition) is 2. The number of imidazole rings is 1. The first-order valence-corrected chi connectivity index (χ1v) is 13.4. The van der Waals surface area contributed by atoms with Gasteiger partial charge in [0.25, 0.3) is 5.91 Å². The summed E-state index contributed by atoms with van der Waals surface area (Å²) in [5.74, 6) is -1.73. The number of aryl methyl sites for hydroxylation is 1. The van der Waals surface area contributed by atoms with Crippen molar-refractivity contribution in [2.45, 2.75) is 25.8 Å². The molecule has 0 spiro atoms. The highest BCUT2D eigenvalue weighted by Gasteiger charge is 2.24. The summed E-state index contributed by atoms with van der Waals surface area (Å²) in [5.41, 5.74) is 4.25. The zero-order chi connectivity index (χ0) is 27.6. The smallest absolute Gasteiger partial charge is 0.251 e. The molecule has 1 aliphatic heterocycles. The molecule has 2 aliphatic rings. The summed E-state index contributed by atoms with van der Waals surface area (Å²) in [6.07, 6.45) is 3.76. The number of carbonyl (C=O) groups is 1. The van der Waals surface area contributed by atoms with Crippen molar-refractivity contribution in [2.24, 2.45) is 0 Å². The minimum absolute atomic E-state index is 0.0724. The number of anilines is 1. The number of halogens is 2. The number of amides is 1. The maximum Gasteiger partial charge on any atom is 0.251 e. The molecule has 9 nitrogen and oxygen atoms in total. The molecular weight excluding hydrogens is 518 g/mol. The predicted octanol–water partition coefficient (Wildman–Crippen LogP) is 4.41. The average molecular weight is 549 g/mol. The third kappa shape index (κ3) is 5.75.